The summed E-state index contributed by atoms with van der Waals surface area (Å²) in [5.41, 5.74) is 1.93. The van der Waals surface area contributed by atoms with Gasteiger partial charge >= 0.3 is 11.9 Å². The maximum Gasteiger partial charge on any atom is 0.394 e. The van der Waals surface area contributed by atoms with Crippen molar-refractivity contribution in [2.75, 3.05) is 40.4 Å². The monoisotopic (exact) mass is 579 g/mol. The SMILES string of the molecule is CN(CCOc1ccccc1C(C)(C)CCC(C)(C)c1ccccc1OCCN(C)C(=O)c1c[nH]nn1)C(=O)C(=O)O. The molecule has 0 atom stereocenters. The molecule has 3 rings (SSSR count). The molecular formula is C31H41N5O6. The molecule has 0 radical (unpaired) electrons. The molecule has 1 heterocycles. The fourth-order valence-corrected chi connectivity index (χ4v) is 4.65. The molecule has 2 amide bonds. The molecule has 42 heavy (non-hydrogen) atoms. The van der Waals surface area contributed by atoms with Crippen molar-refractivity contribution in [3.63, 3.8) is 0 Å². The van der Waals surface area contributed by atoms with Gasteiger partial charge in [0.2, 0.25) is 0 Å². The van der Waals surface area contributed by atoms with E-state index in [-0.39, 0.29) is 35.6 Å². The van der Waals surface area contributed by atoms with E-state index in [0.717, 1.165) is 34.6 Å². The number of amides is 2. The molecule has 0 aliphatic rings. The van der Waals surface area contributed by atoms with E-state index >= 15 is 0 Å². The number of benzene rings is 2. The van der Waals surface area contributed by atoms with Crippen LogP contribution in [-0.4, -0.2) is 88.5 Å². The first-order chi connectivity index (χ1) is 19.8. The quantitative estimate of drug-likeness (QED) is 0.274. The average Bonchev–Trinajstić information content (AvgIpc) is 3.51. The Morgan fingerprint density at radius 3 is 1.74 bits per heavy atom. The number of carbonyl (C=O) groups excluding carboxylic acids is 2. The Bertz CT molecular complexity index is 1360. The minimum atomic E-state index is -1.49. The summed E-state index contributed by atoms with van der Waals surface area (Å²) in [7, 11) is 3.14. The number of ether oxygens (including phenoxy) is 2. The molecule has 0 unspecified atom stereocenters. The van der Waals surface area contributed by atoms with Gasteiger partial charge in [-0.1, -0.05) is 69.3 Å². The van der Waals surface area contributed by atoms with Gasteiger partial charge in [0.05, 0.1) is 19.3 Å². The van der Waals surface area contributed by atoms with Crippen LogP contribution in [0.5, 0.6) is 11.5 Å². The summed E-state index contributed by atoms with van der Waals surface area (Å²) in [6, 6.07) is 15.8. The summed E-state index contributed by atoms with van der Waals surface area (Å²) < 4.78 is 12.2. The van der Waals surface area contributed by atoms with Crippen LogP contribution in [0.25, 0.3) is 0 Å². The molecule has 0 saturated heterocycles. The third-order valence-corrected chi connectivity index (χ3v) is 7.49. The minimum absolute atomic E-state index is 0.161. The fourth-order valence-electron chi connectivity index (χ4n) is 4.65. The lowest BCUT2D eigenvalue weighted by molar-refractivity contribution is -0.155. The highest BCUT2D eigenvalue weighted by Crippen LogP contribution is 2.41. The number of para-hydroxylation sites is 2. The predicted molar refractivity (Wildman–Crippen MR) is 158 cm³/mol. The number of likely N-dealkylation sites (N-methyl/N-ethyl adjacent to an activating group) is 2. The van der Waals surface area contributed by atoms with Crippen LogP contribution in [0.15, 0.2) is 54.7 Å². The van der Waals surface area contributed by atoms with Gasteiger partial charge in [0.25, 0.3) is 5.91 Å². The second-order valence-electron chi connectivity index (χ2n) is 11.6. The first-order valence-corrected chi connectivity index (χ1v) is 13.9. The van der Waals surface area contributed by atoms with Crippen LogP contribution >= 0.6 is 0 Å². The molecular weight excluding hydrogens is 538 g/mol. The van der Waals surface area contributed by atoms with Crippen molar-refractivity contribution in [2.45, 2.75) is 51.4 Å². The lowest BCUT2D eigenvalue weighted by Crippen LogP contribution is -2.36. The van der Waals surface area contributed by atoms with Gasteiger partial charge in [0.1, 0.15) is 24.7 Å². The zero-order chi connectivity index (χ0) is 30.9. The number of rotatable bonds is 14. The highest BCUT2D eigenvalue weighted by molar-refractivity contribution is 6.31. The summed E-state index contributed by atoms with van der Waals surface area (Å²) in [5, 5.41) is 18.8. The van der Waals surface area contributed by atoms with Crippen LogP contribution in [0.2, 0.25) is 0 Å². The van der Waals surface area contributed by atoms with Crippen LogP contribution < -0.4 is 9.47 Å². The number of nitrogens with zero attached hydrogens (tertiary/aromatic N) is 4. The Labute approximate surface area is 246 Å². The Morgan fingerprint density at radius 2 is 1.29 bits per heavy atom. The molecule has 2 aromatic carbocycles. The number of aliphatic carboxylic acids is 1. The number of nitrogens with one attached hydrogen (secondary N) is 1. The van der Waals surface area contributed by atoms with Gasteiger partial charge in [0.15, 0.2) is 5.69 Å². The van der Waals surface area contributed by atoms with Crippen LogP contribution in [0.3, 0.4) is 0 Å². The van der Waals surface area contributed by atoms with Crippen molar-refractivity contribution in [3.8, 4) is 11.5 Å². The van der Waals surface area contributed by atoms with Crippen molar-refractivity contribution in [3.05, 3.63) is 71.5 Å². The molecule has 0 fully saturated rings. The Balaban J connectivity index is 1.63. The van der Waals surface area contributed by atoms with Crippen molar-refractivity contribution >= 4 is 17.8 Å². The first kappa shape index (κ1) is 32.1. The highest BCUT2D eigenvalue weighted by Gasteiger charge is 2.31. The zero-order valence-electron chi connectivity index (χ0n) is 25.2. The third-order valence-electron chi connectivity index (χ3n) is 7.49. The predicted octanol–water partition coefficient (Wildman–Crippen LogP) is 3.91. The summed E-state index contributed by atoms with van der Waals surface area (Å²) in [6.45, 7) is 9.81. The van der Waals surface area contributed by atoms with E-state index in [0.29, 0.717) is 18.9 Å². The molecule has 11 nitrogen and oxygen atoms in total. The molecule has 226 valence electrons. The molecule has 0 spiro atoms. The molecule has 0 aliphatic carbocycles. The van der Waals surface area contributed by atoms with Crippen LogP contribution in [0.4, 0.5) is 0 Å². The summed E-state index contributed by atoms with van der Waals surface area (Å²) in [4.78, 5) is 37.7. The van der Waals surface area contributed by atoms with Gasteiger partial charge in [-0.05, 0) is 46.9 Å². The van der Waals surface area contributed by atoms with E-state index < -0.39 is 11.9 Å². The smallest absolute Gasteiger partial charge is 0.394 e. The van der Waals surface area contributed by atoms with Gasteiger partial charge in [0, 0.05) is 14.1 Å². The zero-order valence-corrected chi connectivity index (χ0v) is 25.2. The second-order valence-corrected chi connectivity index (χ2v) is 11.6. The molecule has 1 aromatic heterocycles. The minimum Gasteiger partial charge on any atom is -0.491 e. The molecule has 0 saturated carbocycles. The van der Waals surface area contributed by atoms with Crippen molar-refractivity contribution in [1.29, 1.82) is 0 Å². The first-order valence-electron chi connectivity index (χ1n) is 13.9. The number of H-pyrrole nitrogens is 1. The number of aromatic amines is 1. The average molecular weight is 580 g/mol. The summed E-state index contributed by atoms with van der Waals surface area (Å²) in [5.74, 6) is -1.19. The number of aromatic nitrogens is 3. The molecule has 0 aliphatic heterocycles. The van der Waals surface area contributed by atoms with E-state index in [1.807, 2.05) is 42.5 Å². The topological polar surface area (TPSA) is 138 Å². The van der Waals surface area contributed by atoms with E-state index in [2.05, 4.69) is 49.2 Å². The van der Waals surface area contributed by atoms with E-state index in [1.165, 1.54) is 13.2 Å². The largest absolute Gasteiger partial charge is 0.491 e. The van der Waals surface area contributed by atoms with Gasteiger partial charge in [-0.2, -0.15) is 0 Å². The summed E-state index contributed by atoms with van der Waals surface area (Å²) >= 11 is 0. The Kier molecular flexibility index (Phi) is 10.7. The number of carbonyl (C=O) groups is 3. The molecule has 11 heteroatoms. The molecule has 2 N–H and O–H groups in total. The molecule has 3 aromatic rings. The Hall–Kier alpha value is -4.41. The van der Waals surface area contributed by atoms with Crippen LogP contribution in [-0.2, 0) is 20.4 Å². The number of carboxylic acid groups (broad SMARTS) is 1. The fraction of sp³-hybridized carbons (Fsp3) is 0.452. The van der Waals surface area contributed by atoms with Crippen molar-refractivity contribution in [1.82, 2.24) is 25.2 Å². The maximum atomic E-state index is 12.4. The van der Waals surface area contributed by atoms with Crippen LogP contribution in [0.1, 0.15) is 62.2 Å². The number of hydrogen-bond donors (Lipinski definition) is 2. The highest BCUT2D eigenvalue weighted by atomic mass is 16.5. The van der Waals surface area contributed by atoms with Crippen molar-refractivity contribution in [2.24, 2.45) is 0 Å². The van der Waals surface area contributed by atoms with Gasteiger partial charge < -0.3 is 24.4 Å². The second kappa shape index (κ2) is 14.0. The van der Waals surface area contributed by atoms with Crippen molar-refractivity contribution < 1.29 is 29.0 Å². The van der Waals surface area contributed by atoms with E-state index in [4.69, 9.17) is 14.6 Å². The Morgan fingerprint density at radius 1 is 0.810 bits per heavy atom. The van der Waals surface area contributed by atoms with Gasteiger partial charge in [-0.15, -0.1) is 5.10 Å². The number of hydrogen-bond acceptors (Lipinski definition) is 7. The van der Waals surface area contributed by atoms with E-state index in [1.54, 1.807) is 11.9 Å². The maximum absolute atomic E-state index is 12.4. The normalized spacial score (nSPS) is 11.6. The third kappa shape index (κ3) is 8.31. The lowest BCUT2D eigenvalue weighted by atomic mass is 9.72. The molecule has 0 bridgehead atoms. The number of carboxylic acids is 1. The standard InChI is InChI=1S/C31H41N5O6/c1-30(2,22-11-7-9-13-25(22)41-19-17-35(5)27(37)24-21-32-34-33-24)15-16-31(3,4)23-12-8-10-14-26(23)42-20-18-36(6)28(38)29(39)40/h7-14,21H,15-20H2,1-6H3,(H,39,40)(H,32,33,34). The van der Waals surface area contributed by atoms with Gasteiger partial charge in [-0.3, -0.25) is 14.7 Å². The van der Waals surface area contributed by atoms with Crippen LogP contribution in [0, 0.1) is 0 Å². The lowest BCUT2D eigenvalue weighted by Gasteiger charge is -2.34. The summed E-state index contributed by atoms with van der Waals surface area (Å²) in [6.07, 6.45) is 3.17. The van der Waals surface area contributed by atoms with Gasteiger partial charge in [-0.25, -0.2) is 4.79 Å². The van der Waals surface area contributed by atoms with E-state index in [9.17, 15) is 14.4 Å².